The van der Waals surface area contributed by atoms with E-state index in [9.17, 15) is 0 Å². The van der Waals surface area contributed by atoms with E-state index in [0.29, 0.717) is 5.71 Å². The first kappa shape index (κ1) is 11.5. The van der Waals surface area contributed by atoms with Crippen LogP contribution in [0.1, 0.15) is 12.5 Å². The Balaban J connectivity index is 2.14. The predicted molar refractivity (Wildman–Crippen MR) is 68.9 cm³/mol. The molecule has 1 aromatic carbocycles. The predicted octanol–water partition coefficient (Wildman–Crippen LogP) is 2.79. The molecule has 0 saturated heterocycles. The second-order valence-electron chi connectivity index (χ2n) is 4.07. The third kappa shape index (κ3) is 2.75. The number of rotatable bonds is 3. The number of benzene rings is 1. The molecule has 0 amide bonds. The van der Waals surface area contributed by atoms with Gasteiger partial charge in [-0.2, -0.15) is 0 Å². The van der Waals surface area contributed by atoms with E-state index in [-0.39, 0.29) is 6.04 Å². The summed E-state index contributed by atoms with van der Waals surface area (Å²) in [6.45, 7) is 2.63. The van der Waals surface area contributed by atoms with Crippen molar-refractivity contribution in [3.05, 3.63) is 60.3 Å². The van der Waals surface area contributed by atoms with Crippen molar-refractivity contribution in [3.8, 4) is 0 Å². The molecule has 17 heavy (non-hydrogen) atoms. The van der Waals surface area contributed by atoms with E-state index >= 15 is 0 Å². The van der Waals surface area contributed by atoms with E-state index < -0.39 is 0 Å². The minimum Gasteiger partial charge on any atom is -0.411 e. The third-order valence-electron chi connectivity index (χ3n) is 2.83. The SMILES string of the molecule is C/C(=N\O)C1C=CC=CN1Cc1ccccc1. The Kier molecular flexibility index (Phi) is 3.60. The van der Waals surface area contributed by atoms with Crippen LogP contribution in [0.5, 0.6) is 0 Å². The fraction of sp³-hybridized carbons (Fsp3) is 0.214. The largest absolute Gasteiger partial charge is 0.411 e. The first-order valence-electron chi connectivity index (χ1n) is 5.64. The van der Waals surface area contributed by atoms with Crippen LogP contribution in [0, 0.1) is 0 Å². The van der Waals surface area contributed by atoms with Crippen molar-refractivity contribution < 1.29 is 5.21 Å². The Morgan fingerprint density at radius 2 is 2.06 bits per heavy atom. The lowest BCUT2D eigenvalue weighted by atomic mass is 10.1. The van der Waals surface area contributed by atoms with Crippen LogP contribution in [0.2, 0.25) is 0 Å². The molecular weight excluding hydrogens is 212 g/mol. The van der Waals surface area contributed by atoms with E-state index in [1.807, 2.05) is 49.6 Å². The Hall–Kier alpha value is -2.03. The van der Waals surface area contributed by atoms with Gasteiger partial charge in [-0.25, -0.2) is 0 Å². The van der Waals surface area contributed by atoms with Crippen LogP contribution in [0.4, 0.5) is 0 Å². The molecule has 3 heteroatoms. The van der Waals surface area contributed by atoms with Crippen LogP contribution >= 0.6 is 0 Å². The van der Waals surface area contributed by atoms with E-state index in [4.69, 9.17) is 5.21 Å². The quantitative estimate of drug-likeness (QED) is 0.490. The zero-order chi connectivity index (χ0) is 12.1. The fourth-order valence-electron chi connectivity index (χ4n) is 1.92. The third-order valence-corrected chi connectivity index (χ3v) is 2.83. The molecule has 0 saturated carbocycles. The minimum absolute atomic E-state index is 0.0326. The molecule has 88 valence electrons. The molecule has 0 aromatic heterocycles. The molecule has 0 fully saturated rings. The second kappa shape index (κ2) is 5.34. The number of hydrogen-bond donors (Lipinski definition) is 1. The summed E-state index contributed by atoms with van der Waals surface area (Å²) >= 11 is 0. The summed E-state index contributed by atoms with van der Waals surface area (Å²) in [5, 5.41) is 12.2. The van der Waals surface area contributed by atoms with Gasteiger partial charge >= 0.3 is 0 Å². The molecule has 3 nitrogen and oxygen atoms in total. The zero-order valence-electron chi connectivity index (χ0n) is 9.82. The van der Waals surface area contributed by atoms with Crippen LogP contribution in [0.3, 0.4) is 0 Å². The van der Waals surface area contributed by atoms with E-state index in [1.54, 1.807) is 0 Å². The minimum atomic E-state index is 0.0326. The highest BCUT2D eigenvalue weighted by Crippen LogP contribution is 2.14. The molecule has 0 radical (unpaired) electrons. The topological polar surface area (TPSA) is 35.8 Å². The van der Waals surface area contributed by atoms with E-state index in [0.717, 1.165) is 6.54 Å². The molecule has 1 aliphatic heterocycles. The second-order valence-corrected chi connectivity index (χ2v) is 4.07. The van der Waals surface area contributed by atoms with Crippen molar-refractivity contribution in [3.63, 3.8) is 0 Å². The molecule has 1 aliphatic rings. The Bertz CT molecular complexity index is 449. The van der Waals surface area contributed by atoms with Crippen molar-refractivity contribution in [2.24, 2.45) is 5.16 Å². The average molecular weight is 228 g/mol. The summed E-state index contributed by atoms with van der Waals surface area (Å²) in [4.78, 5) is 2.14. The van der Waals surface area contributed by atoms with Crippen molar-refractivity contribution in [1.29, 1.82) is 0 Å². The summed E-state index contributed by atoms with van der Waals surface area (Å²) in [6, 6.07) is 10.3. The van der Waals surface area contributed by atoms with Gasteiger partial charge in [-0.1, -0.05) is 47.6 Å². The Labute approximate surface area is 101 Å². The van der Waals surface area contributed by atoms with E-state index in [1.165, 1.54) is 5.56 Å². The molecular formula is C14H16N2O. The highest BCUT2D eigenvalue weighted by molar-refractivity contribution is 5.88. The first-order valence-corrected chi connectivity index (χ1v) is 5.64. The van der Waals surface area contributed by atoms with Gasteiger partial charge in [-0.05, 0) is 18.6 Å². The van der Waals surface area contributed by atoms with Gasteiger partial charge in [0.05, 0.1) is 11.8 Å². The molecule has 1 aromatic rings. The van der Waals surface area contributed by atoms with Gasteiger partial charge in [0.25, 0.3) is 0 Å². The average Bonchev–Trinajstić information content (AvgIpc) is 2.40. The van der Waals surface area contributed by atoms with Crippen LogP contribution in [0.15, 0.2) is 59.9 Å². The Morgan fingerprint density at radius 3 is 2.76 bits per heavy atom. The molecule has 1 N–H and O–H groups in total. The lowest BCUT2D eigenvalue weighted by Gasteiger charge is -2.29. The van der Waals surface area contributed by atoms with Crippen LogP contribution in [-0.4, -0.2) is 21.9 Å². The molecule has 2 rings (SSSR count). The number of oxime groups is 1. The van der Waals surface area contributed by atoms with Gasteiger partial charge in [-0.15, -0.1) is 0 Å². The molecule has 1 atom stereocenters. The maximum Gasteiger partial charge on any atom is 0.0889 e. The molecule has 0 aliphatic carbocycles. The molecule has 1 heterocycles. The molecule has 0 bridgehead atoms. The van der Waals surface area contributed by atoms with Crippen molar-refractivity contribution >= 4 is 5.71 Å². The number of hydrogen-bond acceptors (Lipinski definition) is 3. The lowest BCUT2D eigenvalue weighted by Crippen LogP contribution is -2.35. The summed E-state index contributed by atoms with van der Waals surface area (Å²) in [7, 11) is 0. The lowest BCUT2D eigenvalue weighted by molar-refractivity contribution is 0.304. The van der Waals surface area contributed by atoms with Crippen molar-refractivity contribution in [2.75, 3.05) is 0 Å². The van der Waals surface area contributed by atoms with Gasteiger partial charge < -0.3 is 10.1 Å². The maximum atomic E-state index is 8.87. The maximum absolute atomic E-state index is 8.87. The number of allylic oxidation sites excluding steroid dienone is 2. The first-order chi connectivity index (χ1) is 8.31. The Morgan fingerprint density at radius 1 is 1.29 bits per heavy atom. The van der Waals surface area contributed by atoms with Crippen LogP contribution < -0.4 is 0 Å². The molecule has 1 unspecified atom stereocenters. The summed E-state index contributed by atoms with van der Waals surface area (Å²) in [5.41, 5.74) is 1.93. The highest BCUT2D eigenvalue weighted by Gasteiger charge is 2.17. The van der Waals surface area contributed by atoms with Gasteiger partial charge in [-0.3, -0.25) is 0 Å². The van der Waals surface area contributed by atoms with Crippen LogP contribution in [-0.2, 0) is 6.54 Å². The van der Waals surface area contributed by atoms with Gasteiger partial charge in [0.15, 0.2) is 0 Å². The van der Waals surface area contributed by atoms with E-state index in [2.05, 4.69) is 22.2 Å². The highest BCUT2D eigenvalue weighted by atomic mass is 16.4. The summed E-state index contributed by atoms with van der Waals surface area (Å²) < 4.78 is 0. The zero-order valence-corrected chi connectivity index (χ0v) is 9.82. The smallest absolute Gasteiger partial charge is 0.0889 e. The summed E-state index contributed by atoms with van der Waals surface area (Å²) in [6.07, 6.45) is 8.01. The van der Waals surface area contributed by atoms with Crippen molar-refractivity contribution in [2.45, 2.75) is 19.5 Å². The van der Waals surface area contributed by atoms with Gasteiger partial charge in [0.2, 0.25) is 0 Å². The standard InChI is InChI=1S/C14H16N2O/c1-12(15-17)14-9-5-6-10-16(14)11-13-7-3-2-4-8-13/h2-10,14,17H,11H2,1H3/b15-12+. The van der Waals surface area contributed by atoms with Gasteiger partial charge in [0.1, 0.15) is 0 Å². The van der Waals surface area contributed by atoms with Crippen LogP contribution in [0.25, 0.3) is 0 Å². The summed E-state index contributed by atoms with van der Waals surface area (Å²) in [5.74, 6) is 0. The van der Waals surface area contributed by atoms with Gasteiger partial charge in [0, 0.05) is 12.7 Å². The normalized spacial score (nSPS) is 19.7. The monoisotopic (exact) mass is 228 g/mol. The fourth-order valence-corrected chi connectivity index (χ4v) is 1.92. The number of nitrogens with zero attached hydrogens (tertiary/aromatic N) is 2. The van der Waals surface area contributed by atoms with Crippen molar-refractivity contribution in [1.82, 2.24) is 4.90 Å². The molecule has 0 spiro atoms.